The van der Waals surface area contributed by atoms with Crippen molar-refractivity contribution < 1.29 is 4.74 Å². The highest BCUT2D eigenvalue weighted by molar-refractivity contribution is 5.60. The largest absolute Gasteiger partial charge is 0.473 e. The van der Waals surface area contributed by atoms with E-state index in [0.717, 1.165) is 34.9 Å². The maximum Gasteiger partial charge on any atom is 0.161 e. The van der Waals surface area contributed by atoms with Gasteiger partial charge >= 0.3 is 0 Å². The van der Waals surface area contributed by atoms with E-state index < -0.39 is 0 Å². The van der Waals surface area contributed by atoms with Crippen molar-refractivity contribution in [1.82, 2.24) is 0 Å². The van der Waals surface area contributed by atoms with Gasteiger partial charge < -0.3 is 19.4 Å². The Morgan fingerprint density at radius 3 is 1.87 bits per heavy atom. The standard InChI is InChI=1S/C26H23N3O/c1-5-15-27(16-6-2)23-9-11-24(12-10-23)29-20-22-19-25(13-14-26(22)30-21-29)28(17-7-3)18-8-4/h1-4,9-14,19H,15-18,20-21H2. The predicted molar refractivity (Wildman–Crippen MR) is 124 cm³/mol. The van der Waals surface area contributed by atoms with Gasteiger partial charge in [-0.05, 0) is 42.5 Å². The number of hydrogen-bond donors (Lipinski definition) is 0. The van der Waals surface area contributed by atoms with Gasteiger partial charge in [-0.15, -0.1) is 25.7 Å². The van der Waals surface area contributed by atoms with Gasteiger partial charge in [-0.1, -0.05) is 23.7 Å². The van der Waals surface area contributed by atoms with Crippen molar-refractivity contribution in [2.45, 2.75) is 6.54 Å². The number of hydrogen-bond acceptors (Lipinski definition) is 4. The summed E-state index contributed by atoms with van der Waals surface area (Å²) in [6, 6.07) is 14.2. The van der Waals surface area contributed by atoms with Crippen molar-refractivity contribution in [2.75, 3.05) is 47.6 Å². The third kappa shape index (κ3) is 4.64. The molecule has 1 aliphatic rings. The molecular formula is C26H23N3O. The second-order valence-electron chi connectivity index (χ2n) is 6.81. The number of benzene rings is 2. The van der Waals surface area contributed by atoms with Gasteiger partial charge in [0, 0.05) is 29.2 Å². The molecule has 0 unspecified atom stereocenters. The molecule has 0 N–H and O–H groups in total. The number of nitrogens with zero attached hydrogens (tertiary/aromatic N) is 3. The average Bonchev–Trinajstić information content (AvgIpc) is 2.78. The molecule has 0 amide bonds. The number of rotatable bonds is 7. The van der Waals surface area contributed by atoms with E-state index in [2.05, 4.69) is 46.8 Å². The van der Waals surface area contributed by atoms with Gasteiger partial charge in [-0.3, -0.25) is 0 Å². The minimum absolute atomic E-state index is 0.459. The Morgan fingerprint density at radius 2 is 1.30 bits per heavy atom. The molecule has 0 bridgehead atoms. The van der Waals surface area contributed by atoms with Crippen LogP contribution in [0.2, 0.25) is 0 Å². The van der Waals surface area contributed by atoms with Gasteiger partial charge in [0.15, 0.2) is 6.73 Å². The fourth-order valence-corrected chi connectivity index (χ4v) is 3.38. The Hall–Kier alpha value is -4.12. The molecule has 0 aromatic heterocycles. The lowest BCUT2D eigenvalue weighted by Gasteiger charge is -2.32. The summed E-state index contributed by atoms with van der Waals surface area (Å²) in [5.41, 5.74) is 4.13. The lowest BCUT2D eigenvalue weighted by molar-refractivity contribution is 0.289. The molecule has 4 nitrogen and oxygen atoms in total. The SMILES string of the molecule is C#CCN(CC#C)c1ccc(N2COc3ccc(N(CC#C)CC#C)cc3C2)cc1. The second kappa shape index (κ2) is 9.89. The molecule has 0 saturated carbocycles. The first kappa shape index (κ1) is 20.6. The van der Waals surface area contributed by atoms with E-state index in [1.165, 1.54) is 0 Å². The summed E-state index contributed by atoms with van der Waals surface area (Å²) in [5, 5.41) is 0. The maximum absolute atomic E-state index is 5.96. The highest BCUT2D eigenvalue weighted by atomic mass is 16.5. The molecule has 1 aliphatic heterocycles. The second-order valence-corrected chi connectivity index (χ2v) is 6.81. The highest BCUT2D eigenvalue weighted by Gasteiger charge is 2.19. The minimum atomic E-state index is 0.459. The van der Waals surface area contributed by atoms with Crippen molar-refractivity contribution in [1.29, 1.82) is 0 Å². The van der Waals surface area contributed by atoms with E-state index in [1.807, 2.05) is 34.1 Å². The monoisotopic (exact) mass is 393 g/mol. The van der Waals surface area contributed by atoms with E-state index in [4.69, 9.17) is 30.4 Å². The number of ether oxygens (including phenoxy) is 1. The lowest BCUT2D eigenvalue weighted by Crippen LogP contribution is -2.32. The van der Waals surface area contributed by atoms with E-state index in [1.54, 1.807) is 0 Å². The van der Waals surface area contributed by atoms with E-state index >= 15 is 0 Å². The first-order chi connectivity index (χ1) is 14.7. The first-order valence-corrected chi connectivity index (χ1v) is 9.54. The first-order valence-electron chi connectivity index (χ1n) is 9.54. The Morgan fingerprint density at radius 1 is 0.767 bits per heavy atom. The summed E-state index contributed by atoms with van der Waals surface area (Å²) in [6.07, 6.45) is 21.9. The molecule has 0 atom stereocenters. The Labute approximate surface area is 179 Å². The van der Waals surface area contributed by atoms with Crippen LogP contribution in [0, 0.1) is 49.4 Å². The molecule has 30 heavy (non-hydrogen) atoms. The van der Waals surface area contributed by atoms with Crippen LogP contribution >= 0.6 is 0 Å². The molecule has 3 rings (SSSR count). The van der Waals surface area contributed by atoms with Crippen LogP contribution in [0.25, 0.3) is 0 Å². The van der Waals surface area contributed by atoms with Gasteiger partial charge in [0.1, 0.15) is 5.75 Å². The molecule has 0 radical (unpaired) electrons. The maximum atomic E-state index is 5.96. The molecule has 1 heterocycles. The fourth-order valence-electron chi connectivity index (χ4n) is 3.38. The van der Waals surface area contributed by atoms with Crippen LogP contribution in [0.4, 0.5) is 17.1 Å². The summed E-state index contributed by atoms with van der Waals surface area (Å²) in [7, 11) is 0. The predicted octanol–water partition coefficient (Wildman–Crippen LogP) is 3.19. The van der Waals surface area contributed by atoms with Crippen molar-refractivity contribution in [3.8, 4) is 55.1 Å². The Balaban J connectivity index is 1.78. The van der Waals surface area contributed by atoms with Crippen LogP contribution in [0.3, 0.4) is 0 Å². The smallest absolute Gasteiger partial charge is 0.161 e. The van der Waals surface area contributed by atoms with Crippen molar-refractivity contribution in [2.24, 2.45) is 0 Å². The van der Waals surface area contributed by atoms with E-state index in [0.29, 0.717) is 32.9 Å². The zero-order chi connectivity index (χ0) is 21.3. The number of terminal acetylenes is 4. The molecule has 0 aliphatic carbocycles. The molecular weight excluding hydrogens is 370 g/mol. The molecule has 2 aromatic rings. The van der Waals surface area contributed by atoms with Crippen LogP contribution in [-0.2, 0) is 6.54 Å². The van der Waals surface area contributed by atoms with Crippen LogP contribution in [0.5, 0.6) is 5.75 Å². The molecule has 0 saturated heterocycles. The number of anilines is 3. The molecule has 2 aromatic carbocycles. The van der Waals surface area contributed by atoms with Crippen LogP contribution in [-0.4, -0.2) is 32.9 Å². The Bertz CT molecular complexity index is 1010. The van der Waals surface area contributed by atoms with Gasteiger partial charge in [-0.25, -0.2) is 0 Å². The lowest BCUT2D eigenvalue weighted by atomic mass is 10.1. The summed E-state index contributed by atoms with van der Waals surface area (Å²) in [6.45, 7) is 3.06. The van der Waals surface area contributed by atoms with Gasteiger partial charge in [0.05, 0.1) is 26.2 Å². The minimum Gasteiger partial charge on any atom is -0.473 e. The van der Waals surface area contributed by atoms with Gasteiger partial charge in [0.25, 0.3) is 0 Å². The quantitative estimate of drug-likeness (QED) is 0.673. The molecule has 0 spiro atoms. The highest BCUT2D eigenvalue weighted by Crippen LogP contribution is 2.32. The topological polar surface area (TPSA) is 19.0 Å². The zero-order valence-electron chi connectivity index (χ0n) is 16.8. The van der Waals surface area contributed by atoms with Crippen LogP contribution in [0.1, 0.15) is 5.56 Å². The fraction of sp³-hybridized carbons (Fsp3) is 0.231. The van der Waals surface area contributed by atoms with E-state index in [9.17, 15) is 0 Å². The molecule has 148 valence electrons. The molecule has 0 fully saturated rings. The summed E-state index contributed by atoms with van der Waals surface area (Å²) in [5.74, 6) is 11.5. The average molecular weight is 393 g/mol. The summed E-state index contributed by atoms with van der Waals surface area (Å²) in [4.78, 5) is 6.12. The third-order valence-corrected chi connectivity index (χ3v) is 4.85. The van der Waals surface area contributed by atoms with Crippen molar-refractivity contribution in [3.05, 3.63) is 48.0 Å². The normalized spacial score (nSPS) is 11.7. The summed E-state index contributed by atoms with van der Waals surface area (Å²) >= 11 is 0. The van der Waals surface area contributed by atoms with Crippen LogP contribution < -0.4 is 19.4 Å². The van der Waals surface area contributed by atoms with Crippen LogP contribution in [0.15, 0.2) is 42.5 Å². The van der Waals surface area contributed by atoms with Crippen molar-refractivity contribution >= 4 is 17.1 Å². The zero-order valence-corrected chi connectivity index (χ0v) is 16.8. The van der Waals surface area contributed by atoms with Gasteiger partial charge in [-0.2, -0.15) is 0 Å². The third-order valence-electron chi connectivity index (χ3n) is 4.85. The molecule has 4 heteroatoms. The van der Waals surface area contributed by atoms with Gasteiger partial charge in [0.2, 0.25) is 0 Å². The number of fused-ring (bicyclic) bond motifs is 1. The Kier molecular flexibility index (Phi) is 6.79. The van der Waals surface area contributed by atoms with E-state index in [-0.39, 0.29) is 0 Å². The summed E-state index contributed by atoms with van der Waals surface area (Å²) < 4.78 is 5.96. The van der Waals surface area contributed by atoms with Crippen molar-refractivity contribution in [3.63, 3.8) is 0 Å².